The van der Waals surface area contributed by atoms with Crippen molar-refractivity contribution >= 4 is 30.7 Å². The maximum absolute atomic E-state index is 12.3. The Kier molecular flexibility index (Phi) is 11.3. The van der Waals surface area contributed by atoms with Crippen LogP contribution in [-0.4, -0.2) is 78.8 Å². The fourth-order valence-corrected chi connectivity index (χ4v) is 3.22. The first-order chi connectivity index (χ1) is 13.6. The molecule has 3 rings (SSSR count). The topological polar surface area (TPSA) is 83.7 Å². The highest BCUT2D eigenvalue weighted by Gasteiger charge is 2.27. The first-order valence-corrected chi connectivity index (χ1v) is 9.70. The van der Waals surface area contributed by atoms with Gasteiger partial charge in [0, 0.05) is 45.4 Å². The van der Waals surface area contributed by atoms with Crippen LogP contribution in [0.1, 0.15) is 24.4 Å². The van der Waals surface area contributed by atoms with Crippen molar-refractivity contribution in [3.63, 3.8) is 0 Å². The number of hydrogen-bond donors (Lipinski definition) is 1. The SMILES string of the molecule is COCCNCC(=O)N1CCN(C(C)c2nc(-c3ccc(C)cc3)no2)CC1.Cl.Cl. The van der Waals surface area contributed by atoms with Gasteiger partial charge in [-0.25, -0.2) is 0 Å². The number of aryl methyl sites for hydroxylation is 1. The number of nitrogens with zero attached hydrogens (tertiary/aromatic N) is 4. The molecule has 0 aliphatic carbocycles. The van der Waals surface area contributed by atoms with E-state index in [2.05, 4.69) is 27.3 Å². The summed E-state index contributed by atoms with van der Waals surface area (Å²) >= 11 is 0. The third kappa shape index (κ3) is 6.92. The summed E-state index contributed by atoms with van der Waals surface area (Å²) < 4.78 is 10.5. The number of carbonyl (C=O) groups is 1. The maximum Gasteiger partial charge on any atom is 0.244 e. The van der Waals surface area contributed by atoms with E-state index in [-0.39, 0.29) is 36.8 Å². The lowest BCUT2D eigenvalue weighted by Crippen LogP contribution is -2.51. The molecule has 0 radical (unpaired) electrons. The minimum absolute atomic E-state index is 0. The molecule has 1 unspecified atom stereocenters. The van der Waals surface area contributed by atoms with Crippen molar-refractivity contribution in [3.05, 3.63) is 35.7 Å². The van der Waals surface area contributed by atoms with Gasteiger partial charge in [0.1, 0.15) is 0 Å². The van der Waals surface area contributed by atoms with Gasteiger partial charge in [0.25, 0.3) is 0 Å². The van der Waals surface area contributed by atoms with Gasteiger partial charge in [-0.3, -0.25) is 9.69 Å². The Bertz CT molecular complexity index is 764. The number of piperazine rings is 1. The zero-order valence-electron chi connectivity index (χ0n) is 17.7. The van der Waals surface area contributed by atoms with Crippen LogP contribution in [0, 0.1) is 6.92 Å². The second-order valence-electron chi connectivity index (χ2n) is 7.08. The third-order valence-electron chi connectivity index (χ3n) is 5.08. The summed E-state index contributed by atoms with van der Waals surface area (Å²) in [5, 5.41) is 7.23. The van der Waals surface area contributed by atoms with E-state index in [0.717, 1.165) is 18.7 Å². The van der Waals surface area contributed by atoms with Gasteiger partial charge in [0.2, 0.25) is 17.6 Å². The zero-order valence-corrected chi connectivity index (χ0v) is 19.3. The maximum atomic E-state index is 12.3. The number of amides is 1. The molecule has 168 valence electrons. The van der Waals surface area contributed by atoms with Crippen molar-refractivity contribution in [2.75, 3.05) is 53.0 Å². The fourth-order valence-electron chi connectivity index (χ4n) is 3.22. The molecule has 2 heterocycles. The summed E-state index contributed by atoms with van der Waals surface area (Å²) in [5.41, 5.74) is 2.14. The predicted molar refractivity (Wildman–Crippen MR) is 120 cm³/mol. The zero-order chi connectivity index (χ0) is 19.9. The van der Waals surface area contributed by atoms with Gasteiger partial charge in [-0.1, -0.05) is 35.0 Å². The minimum atomic E-state index is 0. The number of methoxy groups -OCH3 is 1. The smallest absolute Gasteiger partial charge is 0.244 e. The molecule has 30 heavy (non-hydrogen) atoms. The molecule has 1 aromatic carbocycles. The Morgan fingerprint density at radius 1 is 1.20 bits per heavy atom. The average Bonchev–Trinajstić information content (AvgIpc) is 3.21. The third-order valence-corrected chi connectivity index (χ3v) is 5.08. The van der Waals surface area contributed by atoms with Crippen LogP contribution in [0.4, 0.5) is 0 Å². The molecule has 1 N–H and O–H groups in total. The van der Waals surface area contributed by atoms with E-state index in [9.17, 15) is 4.79 Å². The molecular weight excluding hydrogens is 429 g/mol. The lowest BCUT2D eigenvalue weighted by molar-refractivity contribution is -0.132. The summed E-state index contributed by atoms with van der Waals surface area (Å²) in [7, 11) is 1.65. The van der Waals surface area contributed by atoms with Crippen molar-refractivity contribution < 1.29 is 14.1 Å². The number of hydrogen-bond acceptors (Lipinski definition) is 7. The monoisotopic (exact) mass is 459 g/mol. The summed E-state index contributed by atoms with van der Waals surface area (Å²) in [5.74, 6) is 1.34. The number of nitrogens with one attached hydrogen (secondary N) is 1. The van der Waals surface area contributed by atoms with E-state index in [0.29, 0.717) is 44.5 Å². The number of halogens is 2. The molecule has 1 saturated heterocycles. The van der Waals surface area contributed by atoms with Gasteiger partial charge in [0.15, 0.2) is 0 Å². The van der Waals surface area contributed by atoms with Crippen molar-refractivity contribution in [3.8, 4) is 11.4 Å². The van der Waals surface area contributed by atoms with E-state index in [1.807, 2.05) is 36.1 Å². The van der Waals surface area contributed by atoms with Crippen LogP contribution in [0.2, 0.25) is 0 Å². The van der Waals surface area contributed by atoms with Crippen LogP contribution in [0.3, 0.4) is 0 Å². The van der Waals surface area contributed by atoms with Crippen molar-refractivity contribution in [1.82, 2.24) is 25.3 Å². The second kappa shape index (κ2) is 12.9. The summed E-state index contributed by atoms with van der Waals surface area (Å²) in [4.78, 5) is 21.0. The van der Waals surface area contributed by atoms with Gasteiger partial charge in [-0.2, -0.15) is 4.98 Å². The van der Waals surface area contributed by atoms with Crippen LogP contribution in [-0.2, 0) is 9.53 Å². The lowest BCUT2D eigenvalue weighted by Gasteiger charge is -2.36. The van der Waals surface area contributed by atoms with Gasteiger partial charge in [-0.05, 0) is 13.8 Å². The van der Waals surface area contributed by atoms with Gasteiger partial charge < -0.3 is 19.5 Å². The molecule has 1 aliphatic rings. The van der Waals surface area contributed by atoms with Crippen molar-refractivity contribution in [1.29, 1.82) is 0 Å². The van der Waals surface area contributed by atoms with Crippen LogP contribution in [0.5, 0.6) is 0 Å². The lowest BCUT2D eigenvalue weighted by atomic mass is 10.1. The molecule has 1 aliphatic heterocycles. The van der Waals surface area contributed by atoms with E-state index in [1.54, 1.807) is 7.11 Å². The Balaban J connectivity index is 0.00000225. The van der Waals surface area contributed by atoms with E-state index in [4.69, 9.17) is 9.26 Å². The fraction of sp³-hybridized carbons (Fsp3) is 0.550. The normalized spacial score (nSPS) is 15.2. The van der Waals surface area contributed by atoms with Crippen molar-refractivity contribution in [2.45, 2.75) is 19.9 Å². The highest BCUT2D eigenvalue weighted by atomic mass is 35.5. The molecule has 1 aromatic heterocycles. The average molecular weight is 460 g/mol. The van der Waals surface area contributed by atoms with Crippen LogP contribution in [0.25, 0.3) is 11.4 Å². The molecule has 10 heteroatoms. The number of ether oxygens (including phenoxy) is 1. The van der Waals surface area contributed by atoms with E-state index >= 15 is 0 Å². The second-order valence-corrected chi connectivity index (χ2v) is 7.08. The Hall–Kier alpha value is -1.71. The molecule has 2 aromatic rings. The first kappa shape index (κ1) is 26.3. The Morgan fingerprint density at radius 3 is 2.50 bits per heavy atom. The number of benzene rings is 1. The van der Waals surface area contributed by atoms with Crippen molar-refractivity contribution in [2.24, 2.45) is 0 Å². The molecular formula is C20H31Cl2N5O3. The predicted octanol–water partition coefficient (Wildman–Crippen LogP) is 2.33. The molecule has 0 spiro atoms. The van der Waals surface area contributed by atoms with Gasteiger partial charge in [-0.15, -0.1) is 24.8 Å². The highest BCUT2D eigenvalue weighted by molar-refractivity contribution is 5.85. The van der Waals surface area contributed by atoms with E-state index in [1.165, 1.54) is 5.56 Å². The van der Waals surface area contributed by atoms with Gasteiger partial charge >= 0.3 is 0 Å². The highest BCUT2D eigenvalue weighted by Crippen LogP contribution is 2.23. The van der Waals surface area contributed by atoms with Crippen LogP contribution in [0.15, 0.2) is 28.8 Å². The number of carbonyl (C=O) groups excluding carboxylic acids is 1. The molecule has 1 atom stereocenters. The van der Waals surface area contributed by atoms with Gasteiger partial charge in [0.05, 0.1) is 19.2 Å². The minimum Gasteiger partial charge on any atom is -0.383 e. The Morgan fingerprint density at radius 2 is 1.87 bits per heavy atom. The van der Waals surface area contributed by atoms with E-state index < -0.39 is 0 Å². The van der Waals surface area contributed by atoms with Crippen LogP contribution >= 0.6 is 24.8 Å². The summed E-state index contributed by atoms with van der Waals surface area (Å²) in [6.07, 6.45) is 0. The standard InChI is InChI=1S/C20H29N5O3.2ClH/c1-15-4-6-17(7-5-15)19-22-20(28-23-19)16(2)24-9-11-25(12-10-24)18(26)14-21-8-13-27-3;;/h4-7,16,21H,8-14H2,1-3H3;2*1H. The first-order valence-electron chi connectivity index (χ1n) is 9.70. The molecule has 8 nitrogen and oxygen atoms in total. The Labute approximate surface area is 190 Å². The largest absolute Gasteiger partial charge is 0.383 e. The quantitative estimate of drug-likeness (QED) is 0.606. The molecule has 0 saturated carbocycles. The summed E-state index contributed by atoms with van der Waals surface area (Å²) in [6.45, 7) is 8.72. The summed E-state index contributed by atoms with van der Waals surface area (Å²) in [6, 6.07) is 8.09. The van der Waals surface area contributed by atoms with Crippen LogP contribution < -0.4 is 5.32 Å². The molecule has 0 bridgehead atoms. The molecule has 1 fully saturated rings. The molecule has 1 amide bonds. The number of rotatable bonds is 8. The number of aromatic nitrogens is 2.